The molecular weight excluding hydrogens is 378 g/mol. The highest BCUT2D eigenvalue weighted by Crippen LogP contribution is 2.21. The summed E-state index contributed by atoms with van der Waals surface area (Å²) < 4.78 is 0. The minimum atomic E-state index is -0.167. The normalized spacial score (nSPS) is 19.2. The average Bonchev–Trinajstić information content (AvgIpc) is 3.22. The second-order valence-corrected chi connectivity index (χ2v) is 7.84. The Hall–Kier alpha value is -2.93. The molecule has 0 aliphatic carbocycles. The summed E-state index contributed by atoms with van der Waals surface area (Å²) in [4.78, 5) is 32.9. The van der Waals surface area contributed by atoms with Crippen LogP contribution in [0.3, 0.4) is 0 Å². The van der Waals surface area contributed by atoms with Crippen molar-refractivity contribution in [1.29, 1.82) is 0 Å². The number of nitrogens with one attached hydrogen (secondary N) is 2. The molecule has 4 rings (SSSR count). The number of anilines is 1. The van der Waals surface area contributed by atoms with E-state index in [4.69, 9.17) is 0 Å². The predicted octanol–water partition coefficient (Wildman–Crippen LogP) is 1.97. The van der Waals surface area contributed by atoms with Crippen molar-refractivity contribution in [3.63, 3.8) is 0 Å². The Morgan fingerprint density at radius 2 is 2.00 bits per heavy atom. The molecule has 2 amide bonds. The molecule has 0 spiro atoms. The van der Waals surface area contributed by atoms with E-state index in [1.165, 1.54) is 5.56 Å². The summed E-state index contributed by atoms with van der Waals surface area (Å²) in [6.45, 7) is 4.61. The molecule has 2 saturated heterocycles. The van der Waals surface area contributed by atoms with E-state index in [0.29, 0.717) is 25.2 Å². The molecular formula is C23H29N5O2. The summed E-state index contributed by atoms with van der Waals surface area (Å²) in [5.41, 5.74) is 1.69. The number of hydrogen-bond donors (Lipinski definition) is 2. The van der Waals surface area contributed by atoms with Gasteiger partial charge in [-0.1, -0.05) is 36.4 Å². The maximum Gasteiger partial charge on any atom is 0.269 e. The van der Waals surface area contributed by atoms with Crippen molar-refractivity contribution in [2.45, 2.75) is 25.3 Å². The van der Waals surface area contributed by atoms with E-state index >= 15 is 0 Å². The number of nitrogens with zero attached hydrogens (tertiary/aromatic N) is 3. The van der Waals surface area contributed by atoms with Gasteiger partial charge in [-0.3, -0.25) is 9.59 Å². The van der Waals surface area contributed by atoms with Gasteiger partial charge in [0, 0.05) is 51.7 Å². The molecule has 1 aromatic carbocycles. The van der Waals surface area contributed by atoms with Gasteiger partial charge in [-0.15, -0.1) is 0 Å². The van der Waals surface area contributed by atoms with Crippen LogP contribution in [0.2, 0.25) is 0 Å². The maximum absolute atomic E-state index is 12.5. The number of carbonyl (C=O) groups is 2. The van der Waals surface area contributed by atoms with E-state index in [1.54, 1.807) is 6.07 Å². The van der Waals surface area contributed by atoms with E-state index in [2.05, 4.69) is 44.8 Å². The molecule has 1 unspecified atom stereocenters. The minimum Gasteiger partial charge on any atom is -0.353 e. The molecule has 2 N–H and O–H groups in total. The number of amides is 2. The van der Waals surface area contributed by atoms with Gasteiger partial charge in [-0.05, 0) is 30.5 Å². The number of benzene rings is 1. The fraction of sp³-hybridized carbons (Fsp3) is 0.435. The van der Waals surface area contributed by atoms with Gasteiger partial charge < -0.3 is 20.4 Å². The number of hydrogen-bond acceptors (Lipinski definition) is 5. The first kappa shape index (κ1) is 20.3. The lowest BCUT2D eigenvalue weighted by atomic mass is 10.0. The third-order valence-corrected chi connectivity index (χ3v) is 5.73. The summed E-state index contributed by atoms with van der Waals surface area (Å²) in [5.74, 6) is 0.882. The largest absolute Gasteiger partial charge is 0.353 e. The Morgan fingerprint density at radius 3 is 2.80 bits per heavy atom. The van der Waals surface area contributed by atoms with E-state index in [9.17, 15) is 9.59 Å². The zero-order chi connectivity index (χ0) is 20.8. The van der Waals surface area contributed by atoms with Gasteiger partial charge in [-0.2, -0.15) is 0 Å². The number of aromatic nitrogens is 1. The molecule has 7 nitrogen and oxygen atoms in total. The third-order valence-electron chi connectivity index (χ3n) is 5.73. The fourth-order valence-corrected chi connectivity index (χ4v) is 4.10. The second-order valence-electron chi connectivity index (χ2n) is 7.84. The molecule has 30 heavy (non-hydrogen) atoms. The Morgan fingerprint density at radius 1 is 1.13 bits per heavy atom. The summed E-state index contributed by atoms with van der Waals surface area (Å²) in [7, 11) is 0. The van der Waals surface area contributed by atoms with Crippen molar-refractivity contribution >= 4 is 17.6 Å². The van der Waals surface area contributed by atoms with Gasteiger partial charge in [0.2, 0.25) is 5.91 Å². The van der Waals surface area contributed by atoms with Crippen LogP contribution in [-0.4, -0.2) is 61.0 Å². The second kappa shape index (κ2) is 9.71. The predicted molar refractivity (Wildman–Crippen MR) is 116 cm³/mol. The topological polar surface area (TPSA) is 77.6 Å². The lowest BCUT2D eigenvalue weighted by molar-refractivity contribution is -0.127. The van der Waals surface area contributed by atoms with Crippen LogP contribution >= 0.6 is 0 Å². The number of carbonyl (C=O) groups excluding carboxylic acids is 2. The number of rotatable bonds is 7. The van der Waals surface area contributed by atoms with Gasteiger partial charge >= 0.3 is 0 Å². The fourth-order valence-electron chi connectivity index (χ4n) is 4.10. The van der Waals surface area contributed by atoms with Gasteiger partial charge in [-0.25, -0.2) is 4.98 Å². The van der Waals surface area contributed by atoms with Crippen molar-refractivity contribution in [2.75, 3.05) is 44.2 Å². The van der Waals surface area contributed by atoms with E-state index in [-0.39, 0.29) is 17.9 Å². The van der Waals surface area contributed by atoms with Crippen LogP contribution in [-0.2, 0) is 4.79 Å². The number of piperazine rings is 1. The van der Waals surface area contributed by atoms with Crippen LogP contribution in [0.4, 0.5) is 5.82 Å². The highest BCUT2D eigenvalue weighted by Gasteiger charge is 2.22. The molecule has 2 aromatic rings. The van der Waals surface area contributed by atoms with Crippen LogP contribution < -0.4 is 15.5 Å². The SMILES string of the molecule is O=C(NCCCN1CCCC1=O)c1cccc(N2CCNC(c3ccccc3)C2)n1. The number of pyridine rings is 1. The Bertz CT molecular complexity index is 873. The summed E-state index contributed by atoms with van der Waals surface area (Å²) >= 11 is 0. The van der Waals surface area contributed by atoms with Crippen LogP contribution in [0.1, 0.15) is 41.4 Å². The third kappa shape index (κ3) is 4.97. The van der Waals surface area contributed by atoms with Gasteiger partial charge in [0.1, 0.15) is 11.5 Å². The Balaban J connectivity index is 1.31. The van der Waals surface area contributed by atoms with Gasteiger partial charge in [0.05, 0.1) is 0 Å². The monoisotopic (exact) mass is 407 g/mol. The van der Waals surface area contributed by atoms with Gasteiger partial charge in [0.15, 0.2) is 0 Å². The summed E-state index contributed by atoms with van der Waals surface area (Å²) in [5, 5.41) is 6.49. The number of likely N-dealkylation sites (tertiary alicyclic amines) is 1. The Labute approximate surface area is 177 Å². The van der Waals surface area contributed by atoms with Crippen LogP contribution in [0.5, 0.6) is 0 Å². The first-order valence-corrected chi connectivity index (χ1v) is 10.8. The molecule has 1 atom stereocenters. The van der Waals surface area contributed by atoms with Crippen LogP contribution in [0, 0.1) is 0 Å². The maximum atomic E-state index is 12.5. The summed E-state index contributed by atoms with van der Waals surface area (Å²) in [6, 6.07) is 16.2. The smallest absolute Gasteiger partial charge is 0.269 e. The van der Waals surface area contributed by atoms with Crippen molar-refractivity contribution in [2.24, 2.45) is 0 Å². The molecule has 158 valence electrons. The standard InChI is InChI=1S/C23H29N5O2/c29-22-11-5-14-27(22)15-6-12-25-23(30)19-9-4-10-21(26-19)28-16-13-24-20(17-28)18-7-2-1-3-8-18/h1-4,7-10,20,24H,5-6,11-17H2,(H,25,30). The zero-order valence-electron chi connectivity index (χ0n) is 17.2. The molecule has 0 bridgehead atoms. The van der Waals surface area contributed by atoms with E-state index in [1.807, 2.05) is 23.1 Å². The van der Waals surface area contributed by atoms with Crippen molar-refractivity contribution < 1.29 is 9.59 Å². The molecule has 2 aliphatic rings. The highest BCUT2D eigenvalue weighted by atomic mass is 16.2. The average molecular weight is 408 g/mol. The van der Waals surface area contributed by atoms with Gasteiger partial charge in [0.25, 0.3) is 5.91 Å². The lowest BCUT2D eigenvalue weighted by Gasteiger charge is -2.35. The van der Waals surface area contributed by atoms with E-state index < -0.39 is 0 Å². The van der Waals surface area contributed by atoms with Crippen LogP contribution in [0.25, 0.3) is 0 Å². The highest BCUT2D eigenvalue weighted by molar-refractivity contribution is 5.92. The molecule has 1 aromatic heterocycles. The van der Waals surface area contributed by atoms with Crippen molar-refractivity contribution in [3.05, 3.63) is 59.8 Å². The molecule has 3 heterocycles. The summed E-state index contributed by atoms with van der Waals surface area (Å²) in [6.07, 6.45) is 2.35. The first-order chi connectivity index (χ1) is 14.7. The minimum absolute atomic E-state index is 0.167. The quantitative estimate of drug-likeness (QED) is 0.687. The molecule has 0 radical (unpaired) electrons. The molecule has 7 heteroatoms. The zero-order valence-corrected chi connectivity index (χ0v) is 17.2. The van der Waals surface area contributed by atoms with Crippen molar-refractivity contribution in [3.8, 4) is 0 Å². The first-order valence-electron chi connectivity index (χ1n) is 10.8. The molecule has 2 aliphatic heterocycles. The van der Waals surface area contributed by atoms with E-state index in [0.717, 1.165) is 44.8 Å². The van der Waals surface area contributed by atoms with Crippen molar-refractivity contribution in [1.82, 2.24) is 20.5 Å². The lowest BCUT2D eigenvalue weighted by Crippen LogP contribution is -2.46. The van der Waals surface area contributed by atoms with Crippen LogP contribution in [0.15, 0.2) is 48.5 Å². The Kier molecular flexibility index (Phi) is 6.59. The molecule has 2 fully saturated rings. The molecule has 0 saturated carbocycles.